The summed E-state index contributed by atoms with van der Waals surface area (Å²) in [5.41, 5.74) is 6.99. The zero-order chi connectivity index (χ0) is 14.0. The van der Waals surface area contributed by atoms with Crippen LogP contribution in [-0.4, -0.2) is 29.7 Å². The van der Waals surface area contributed by atoms with Crippen molar-refractivity contribution in [2.24, 2.45) is 5.73 Å². The van der Waals surface area contributed by atoms with Crippen molar-refractivity contribution >= 4 is 0 Å². The molecule has 19 heavy (non-hydrogen) atoms. The minimum Gasteiger partial charge on any atom is -0.323 e. The third-order valence-corrected chi connectivity index (χ3v) is 3.61. The van der Waals surface area contributed by atoms with Crippen LogP contribution >= 0.6 is 0 Å². The lowest BCUT2D eigenvalue weighted by Crippen LogP contribution is -2.46. The summed E-state index contributed by atoms with van der Waals surface area (Å²) in [6, 6.07) is 8.61. The predicted molar refractivity (Wildman–Crippen MR) is 68.6 cm³/mol. The molecule has 0 amide bonds. The van der Waals surface area contributed by atoms with E-state index in [0.717, 1.165) is 18.4 Å². The molecule has 0 heterocycles. The number of hydrogen-bond donors (Lipinski definition) is 1. The van der Waals surface area contributed by atoms with Crippen molar-refractivity contribution in [2.45, 2.75) is 44.1 Å². The maximum Gasteiger partial charge on any atom is 0.401 e. The average Bonchev–Trinajstić information content (AvgIpc) is 3.18. The van der Waals surface area contributed by atoms with E-state index in [2.05, 4.69) is 0 Å². The van der Waals surface area contributed by atoms with Crippen molar-refractivity contribution in [3.63, 3.8) is 0 Å². The van der Waals surface area contributed by atoms with E-state index in [0.29, 0.717) is 0 Å². The molecular weight excluding hydrogens is 253 g/mol. The van der Waals surface area contributed by atoms with E-state index < -0.39 is 18.8 Å². The molecular formula is C14H19F3N2. The van der Waals surface area contributed by atoms with Crippen molar-refractivity contribution < 1.29 is 13.2 Å². The molecule has 2 nitrogen and oxygen atoms in total. The first-order valence-electron chi connectivity index (χ1n) is 6.51. The molecule has 0 aromatic heterocycles. The number of alkyl halides is 3. The van der Waals surface area contributed by atoms with Gasteiger partial charge in [-0.15, -0.1) is 0 Å². The lowest BCUT2D eigenvalue weighted by molar-refractivity contribution is -0.152. The second-order valence-corrected chi connectivity index (χ2v) is 5.20. The van der Waals surface area contributed by atoms with E-state index in [1.165, 1.54) is 4.90 Å². The molecule has 0 radical (unpaired) electrons. The number of nitrogens with zero attached hydrogens (tertiary/aromatic N) is 1. The van der Waals surface area contributed by atoms with Gasteiger partial charge >= 0.3 is 6.18 Å². The molecule has 0 aliphatic heterocycles. The lowest BCUT2D eigenvalue weighted by atomic mass is 10.00. The number of benzene rings is 1. The van der Waals surface area contributed by atoms with Crippen molar-refractivity contribution in [2.75, 3.05) is 6.54 Å². The van der Waals surface area contributed by atoms with Gasteiger partial charge in [0.05, 0.1) is 6.54 Å². The normalized spacial score (nSPS) is 19.5. The van der Waals surface area contributed by atoms with E-state index in [1.807, 2.05) is 30.3 Å². The Morgan fingerprint density at radius 1 is 1.26 bits per heavy atom. The molecule has 106 valence electrons. The Morgan fingerprint density at radius 3 is 2.32 bits per heavy atom. The summed E-state index contributed by atoms with van der Waals surface area (Å²) in [4.78, 5) is 1.50. The van der Waals surface area contributed by atoms with Gasteiger partial charge < -0.3 is 5.73 Å². The molecule has 5 heteroatoms. The van der Waals surface area contributed by atoms with E-state index in [-0.39, 0.29) is 12.1 Å². The Kier molecular flexibility index (Phi) is 4.16. The molecule has 2 rings (SSSR count). The zero-order valence-corrected chi connectivity index (χ0v) is 10.9. The molecule has 1 aliphatic carbocycles. The quantitative estimate of drug-likeness (QED) is 0.892. The molecule has 0 bridgehead atoms. The van der Waals surface area contributed by atoms with Gasteiger partial charge in [0.1, 0.15) is 0 Å². The minimum atomic E-state index is -4.17. The average molecular weight is 272 g/mol. The first-order chi connectivity index (χ1) is 8.88. The number of halogens is 3. The summed E-state index contributed by atoms with van der Waals surface area (Å²) in [6.45, 7) is 0.904. The Morgan fingerprint density at radius 2 is 1.84 bits per heavy atom. The molecule has 2 atom stereocenters. The summed E-state index contributed by atoms with van der Waals surface area (Å²) >= 11 is 0. The topological polar surface area (TPSA) is 29.3 Å². The molecule has 1 aromatic rings. The van der Waals surface area contributed by atoms with Gasteiger partial charge in [-0.25, -0.2) is 0 Å². The van der Waals surface area contributed by atoms with Gasteiger partial charge in [0, 0.05) is 18.1 Å². The van der Waals surface area contributed by atoms with Crippen LogP contribution in [0.5, 0.6) is 0 Å². The fourth-order valence-corrected chi connectivity index (χ4v) is 2.38. The highest BCUT2D eigenvalue weighted by Gasteiger charge is 2.41. The van der Waals surface area contributed by atoms with E-state index in [9.17, 15) is 13.2 Å². The highest BCUT2D eigenvalue weighted by molar-refractivity contribution is 5.20. The standard InChI is InChI=1S/C14H19F3N2/c1-10(13(18)11-5-3-2-4-6-11)19(12-7-8-12)9-14(15,16)17/h2-6,10,12-13H,7-9,18H2,1H3. The molecule has 1 aromatic carbocycles. The maximum absolute atomic E-state index is 12.6. The summed E-state index contributed by atoms with van der Waals surface area (Å²) in [5.74, 6) is 0. The highest BCUT2D eigenvalue weighted by Crippen LogP contribution is 2.34. The Labute approximate surface area is 111 Å². The first-order valence-corrected chi connectivity index (χ1v) is 6.51. The van der Waals surface area contributed by atoms with Crippen LogP contribution in [0.25, 0.3) is 0 Å². The number of hydrogen-bond acceptors (Lipinski definition) is 2. The van der Waals surface area contributed by atoms with Crippen LogP contribution in [-0.2, 0) is 0 Å². The Balaban J connectivity index is 2.09. The number of rotatable bonds is 5. The molecule has 0 saturated heterocycles. The van der Waals surface area contributed by atoms with Crippen molar-refractivity contribution in [3.8, 4) is 0 Å². The van der Waals surface area contributed by atoms with Crippen LogP contribution in [0.2, 0.25) is 0 Å². The SMILES string of the molecule is CC(C(N)c1ccccc1)N(CC(F)(F)F)C1CC1. The summed E-state index contributed by atoms with van der Waals surface area (Å²) in [6.07, 6.45) is -2.50. The van der Waals surface area contributed by atoms with Gasteiger partial charge in [-0.3, -0.25) is 4.90 Å². The smallest absolute Gasteiger partial charge is 0.323 e. The molecule has 1 fully saturated rings. The summed E-state index contributed by atoms with van der Waals surface area (Å²) in [5, 5.41) is 0. The highest BCUT2D eigenvalue weighted by atomic mass is 19.4. The fourth-order valence-electron chi connectivity index (χ4n) is 2.38. The molecule has 2 unspecified atom stereocenters. The third-order valence-electron chi connectivity index (χ3n) is 3.61. The van der Waals surface area contributed by atoms with E-state index in [4.69, 9.17) is 5.73 Å². The van der Waals surface area contributed by atoms with Crippen molar-refractivity contribution in [1.29, 1.82) is 0 Å². The monoisotopic (exact) mass is 272 g/mol. The Hall–Kier alpha value is -1.07. The van der Waals surface area contributed by atoms with Crippen molar-refractivity contribution in [3.05, 3.63) is 35.9 Å². The second-order valence-electron chi connectivity index (χ2n) is 5.20. The Bertz CT molecular complexity index is 401. The minimum absolute atomic E-state index is 0.0337. The van der Waals surface area contributed by atoms with E-state index >= 15 is 0 Å². The van der Waals surface area contributed by atoms with Crippen LogP contribution in [0, 0.1) is 0 Å². The van der Waals surface area contributed by atoms with Crippen LogP contribution in [0.3, 0.4) is 0 Å². The maximum atomic E-state index is 12.6. The van der Waals surface area contributed by atoms with Gasteiger partial charge in [0.25, 0.3) is 0 Å². The van der Waals surface area contributed by atoms with Gasteiger partial charge in [-0.2, -0.15) is 13.2 Å². The molecule has 0 spiro atoms. The summed E-state index contributed by atoms with van der Waals surface area (Å²) in [7, 11) is 0. The van der Waals surface area contributed by atoms with Crippen LogP contribution < -0.4 is 5.73 Å². The third kappa shape index (κ3) is 3.94. The lowest BCUT2D eigenvalue weighted by Gasteiger charge is -2.33. The van der Waals surface area contributed by atoms with E-state index in [1.54, 1.807) is 6.92 Å². The fraction of sp³-hybridized carbons (Fsp3) is 0.571. The van der Waals surface area contributed by atoms with Gasteiger partial charge in [-0.05, 0) is 25.3 Å². The zero-order valence-electron chi connectivity index (χ0n) is 10.9. The number of nitrogens with two attached hydrogens (primary N) is 1. The van der Waals surface area contributed by atoms with Crippen LogP contribution in [0.4, 0.5) is 13.2 Å². The van der Waals surface area contributed by atoms with Gasteiger partial charge in [-0.1, -0.05) is 30.3 Å². The van der Waals surface area contributed by atoms with Gasteiger partial charge in [0.2, 0.25) is 0 Å². The largest absolute Gasteiger partial charge is 0.401 e. The predicted octanol–water partition coefficient (Wildman–Crippen LogP) is 3.10. The van der Waals surface area contributed by atoms with Crippen LogP contribution in [0.1, 0.15) is 31.4 Å². The molecule has 2 N–H and O–H groups in total. The van der Waals surface area contributed by atoms with Crippen LogP contribution in [0.15, 0.2) is 30.3 Å². The van der Waals surface area contributed by atoms with Gasteiger partial charge in [0.15, 0.2) is 0 Å². The molecule has 1 saturated carbocycles. The summed E-state index contributed by atoms with van der Waals surface area (Å²) < 4.78 is 37.9. The molecule has 1 aliphatic rings. The first kappa shape index (κ1) is 14.3. The van der Waals surface area contributed by atoms with Crippen molar-refractivity contribution in [1.82, 2.24) is 4.90 Å². The second kappa shape index (κ2) is 5.51.